The van der Waals surface area contributed by atoms with E-state index in [2.05, 4.69) is 4.18 Å². The van der Waals surface area contributed by atoms with E-state index in [1.807, 2.05) is 0 Å². The van der Waals surface area contributed by atoms with Crippen molar-refractivity contribution >= 4 is 10.1 Å². The molecule has 100 valence electrons. The van der Waals surface area contributed by atoms with Crippen LogP contribution in [0.3, 0.4) is 0 Å². The molecule has 8 nitrogen and oxygen atoms in total. The Labute approximate surface area is 100 Å². The number of pyridine rings is 1. The zero-order valence-corrected chi connectivity index (χ0v) is 10.6. The molecule has 0 amide bonds. The summed E-state index contributed by atoms with van der Waals surface area (Å²) in [5.74, 6) is 0. The molecule has 0 fully saturated rings. The van der Waals surface area contributed by atoms with Gasteiger partial charge >= 0.3 is 39.0 Å². The van der Waals surface area contributed by atoms with Gasteiger partial charge in [0.05, 0.1) is 7.11 Å². The summed E-state index contributed by atoms with van der Waals surface area (Å²) in [6, 6.07) is 3.13. The van der Waals surface area contributed by atoms with E-state index in [0.29, 0.717) is 0 Å². The summed E-state index contributed by atoms with van der Waals surface area (Å²) < 4.78 is 58.4. The van der Waals surface area contributed by atoms with E-state index in [1.165, 1.54) is 12.3 Å². The summed E-state index contributed by atoms with van der Waals surface area (Å²) in [7, 11) is -4.85. The van der Waals surface area contributed by atoms with Crippen LogP contribution in [0.1, 0.15) is 0 Å². The molecule has 0 spiro atoms. The minimum atomic E-state index is -4.19. The van der Waals surface area contributed by atoms with Crippen LogP contribution in [0, 0.1) is 10.2 Å². The van der Waals surface area contributed by atoms with Gasteiger partial charge < -0.3 is 0 Å². The predicted octanol–water partition coefficient (Wildman–Crippen LogP) is -3.01. The fourth-order valence-electron chi connectivity index (χ4n) is 0.805. The first-order chi connectivity index (χ1) is 7.56. The zero-order valence-electron chi connectivity index (χ0n) is 9.02. The molecule has 0 saturated heterocycles. The average Bonchev–Trinajstić information content (AvgIpc) is 2.15. The van der Waals surface area contributed by atoms with E-state index in [4.69, 9.17) is 18.6 Å². The van der Waals surface area contributed by atoms with Crippen molar-refractivity contribution in [3.8, 4) is 0 Å². The molecular weight excluding hydrogens is 278 g/mol. The zero-order chi connectivity index (χ0) is 13.7. The van der Waals surface area contributed by atoms with Crippen LogP contribution in [0.2, 0.25) is 0 Å². The molecule has 0 aliphatic carbocycles. The van der Waals surface area contributed by atoms with Gasteiger partial charge in [0.1, 0.15) is 7.05 Å². The number of aryl methyl sites for hydroxylation is 1. The maximum absolute atomic E-state index is 11.1. The summed E-state index contributed by atoms with van der Waals surface area (Å²) in [6.07, 6.45) is 3.23. The summed E-state index contributed by atoms with van der Waals surface area (Å²) >= 11 is 0. The van der Waals surface area contributed by atoms with Gasteiger partial charge in [-0.15, -0.1) is 0 Å². The summed E-state index contributed by atoms with van der Waals surface area (Å²) in [6.45, 7) is 0. The number of halogens is 1. The molecule has 1 aromatic heterocycles. The molecule has 3 N–H and O–H groups in total. The Balaban J connectivity index is 0.000000437. The fraction of sp³-hybridized carbons (Fsp3) is 0.286. The SMILES string of the molecule is COS(=O)(=O)c1ccc[n+](C)c1.[O-][Cl+](O)(O)O. The van der Waals surface area contributed by atoms with Gasteiger partial charge in [0.2, 0.25) is 0 Å². The third-order valence-corrected chi connectivity index (χ3v) is 2.68. The molecule has 1 heterocycles. The van der Waals surface area contributed by atoms with Crippen molar-refractivity contribution in [3.05, 3.63) is 24.5 Å². The molecule has 0 aliphatic rings. The topological polar surface area (TPSA) is 131 Å². The summed E-state index contributed by atoms with van der Waals surface area (Å²) in [4.78, 5) is 0.162. The van der Waals surface area contributed by atoms with Crippen molar-refractivity contribution < 1.29 is 46.0 Å². The van der Waals surface area contributed by atoms with Crippen molar-refractivity contribution in [3.63, 3.8) is 0 Å². The molecule has 0 aliphatic heterocycles. The molecular formula is C7H13ClNO7S+. The van der Waals surface area contributed by atoms with Crippen LogP contribution >= 0.6 is 0 Å². The minimum absolute atomic E-state index is 0.162. The third-order valence-electron chi connectivity index (χ3n) is 1.42. The van der Waals surface area contributed by atoms with Gasteiger partial charge in [-0.05, 0) is 6.07 Å². The van der Waals surface area contributed by atoms with Crippen molar-refractivity contribution in [2.45, 2.75) is 4.90 Å². The van der Waals surface area contributed by atoms with Crippen LogP contribution in [-0.4, -0.2) is 29.5 Å². The Kier molecular flexibility index (Phi) is 5.92. The normalized spacial score (nSPS) is 12.6. The molecule has 1 rings (SSSR count). The summed E-state index contributed by atoms with van der Waals surface area (Å²) in [5.41, 5.74) is 0. The van der Waals surface area contributed by atoms with E-state index >= 15 is 0 Å². The number of hydrogen-bond donors (Lipinski definition) is 3. The molecule has 0 aromatic carbocycles. The van der Waals surface area contributed by atoms with Crippen LogP contribution < -0.4 is 9.23 Å². The van der Waals surface area contributed by atoms with Gasteiger partial charge in [-0.2, -0.15) is 8.42 Å². The quantitative estimate of drug-likeness (QED) is 0.390. The van der Waals surface area contributed by atoms with Gasteiger partial charge in [-0.3, -0.25) is 4.18 Å². The number of hydrogen-bond acceptors (Lipinski definition) is 7. The summed E-state index contributed by atoms with van der Waals surface area (Å²) in [5, 5.41) is 0. The van der Waals surface area contributed by atoms with Crippen molar-refractivity contribution in [1.82, 2.24) is 0 Å². The first-order valence-electron chi connectivity index (χ1n) is 3.98. The number of nitrogens with zero attached hydrogens (tertiary/aromatic N) is 1. The van der Waals surface area contributed by atoms with Crippen LogP contribution in [0.5, 0.6) is 0 Å². The first-order valence-corrected chi connectivity index (χ1v) is 6.71. The molecule has 0 saturated carbocycles. The van der Waals surface area contributed by atoms with Crippen molar-refractivity contribution in [2.75, 3.05) is 7.11 Å². The Morgan fingerprint density at radius 3 is 2.24 bits per heavy atom. The maximum atomic E-state index is 11.1. The molecule has 17 heavy (non-hydrogen) atoms. The van der Waals surface area contributed by atoms with E-state index in [1.54, 1.807) is 23.9 Å². The van der Waals surface area contributed by atoms with Crippen LogP contribution in [-0.2, 0) is 21.3 Å². The fourth-order valence-corrected chi connectivity index (χ4v) is 1.54. The van der Waals surface area contributed by atoms with Gasteiger partial charge in [0, 0.05) is 6.07 Å². The van der Waals surface area contributed by atoms with Crippen LogP contribution in [0.15, 0.2) is 29.4 Å². The van der Waals surface area contributed by atoms with E-state index in [-0.39, 0.29) is 4.90 Å². The average molecular weight is 291 g/mol. The molecule has 1 aromatic rings. The van der Waals surface area contributed by atoms with E-state index in [0.717, 1.165) is 7.11 Å². The molecule has 0 bridgehead atoms. The Hall–Kier alpha value is -0.810. The van der Waals surface area contributed by atoms with Crippen molar-refractivity contribution in [1.29, 1.82) is 0 Å². The number of rotatable bonds is 2. The molecule has 0 atom stereocenters. The molecule has 0 unspecified atom stereocenters. The van der Waals surface area contributed by atoms with E-state index < -0.39 is 20.4 Å². The first kappa shape index (κ1) is 16.2. The molecule has 0 radical (unpaired) electrons. The third kappa shape index (κ3) is 7.99. The van der Waals surface area contributed by atoms with E-state index in [9.17, 15) is 8.42 Å². The van der Waals surface area contributed by atoms with Gasteiger partial charge in [0.25, 0.3) is 0 Å². The molecule has 10 heteroatoms. The Morgan fingerprint density at radius 2 is 1.88 bits per heavy atom. The van der Waals surface area contributed by atoms with Gasteiger partial charge in [-0.25, -0.2) is 4.57 Å². The Bertz CT molecular complexity index is 450. The van der Waals surface area contributed by atoms with Gasteiger partial charge in [0.15, 0.2) is 17.3 Å². The predicted molar refractivity (Wildman–Crippen MR) is 48.5 cm³/mol. The number of aromatic nitrogens is 1. The second kappa shape index (κ2) is 6.21. The van der Waals surface area contributed by atoms with Gasteiger partial charge in [-0.1, -0.05) is 0 Å². The van der Waals surface area contributed by atoms with Crippen LogP contribution in [0.4, 0.5) is 0 Å². The second-order valence-corrected chi connectivity index (χ2v) is 5.34. The van der Waals surface area contributed by atoms with Crippen molar-refractivity contribution in [2.24, 2.45) is 7.05 Å². The standard InChI is InChI=1S/C7H10NO3S.ClH3O4/c1-8-5-3-4-7(6-8)12(9,10)11-2;2-1(3,4)5/h3-6H,1-2H3;2-4H/q+1;. The second-order valence-electron chi connectivity index (χ2n) is 2.76. The monoisotopic (exact) mass is 290 g/mol. The van der Waals surface area contributed by atoms with Crippen LogP contribution in [0.25, 0.3) is 0 Å². The Morgan fingerprint density at radius 1 is 1.41 bits per heavy atom.